The zero-order valence-corrected chi connectivity index (χ0v) is 19.1. The number of nitro benzene ring substituents is 1. The molecule has 0 saturated heterocycles. The summed E-state index contributed by atoms with van der Waals surface area (Å²) in [6, 6.07) is 19.8. The monoisotopic (exact) mass is 477 g/mol. The van der Waals surface area contributed by atoms with Gasteiger partial charge in [0.1, 0.15) is 6.61 Å². The van der Waals surface area contributed by atoms with Gasteiger partial charge in [-0.1, -0.05) is 29.8 Å². The van der Waals surface area contributed by atoms with E-state index in [-0.39, 0.29) is 18.1 Å². The van der Waals surface area contributed by atoms with Crippen LogP contribution in [0.2, 0.25) is 5.02 Å². The van der Waals surface area contributed by atoms with E-state index in [0.717, 1.165) is 23.4 Å². The molecule has 0 aliphatic heterocycles. The van der Waals surface area contributed by atoms with Crippen LogP contribution >= 0.6 is 24.0 Å². The molecule has 3 aromatic rings. The maximum atomic E-state index is 10.7. The van der Waals surface area contributed by atoms with Gasteiger partial charge in [-0.3, -0.25) is 10.1 Å². The van der Waals surface area contributed by atoms with Crippen LogP contribution in [0.15, 0.2) is 66.7 Å². The summed E-state index contributed by atoms with van der Waals surface area (Å²) in [5, 5.41) is 18.0. The standard InChI is InChI=1S/C23H24ClN3O4.ClH/c1-30-23-14-18(4-11-22(23)31-16-17-2-5-19(24)6-3-17)15-25-12-13-26-20-7-9-21(10-8-20)27(28)29;/h2-11,14,25-26H,12-13,15-16H2,1H3;1H. The van der Waals surface area contributed by atoms with E-state index in [0.29, 0.717) is 36.2 Å². The molecule has 3 rings (SSSR count). The normalized spacial score (nSPS) is 10.2. The van der Waals surface area contributed by atoms with Crippen molar-refractivity contribution in [2.45, 2.75) is 13.2 Å². The van der Waals surface area contributed by atoms with Crippen LogP contribution in [0.3, 0.4) is 0 Å². The van der Waals surface area contributed by atoms with E-state index in [1.54, 1.807) is 19.2 Å². The fraction of sp³-hybridized carbons (Fsp3) is 0.217. The lowest BCUT2D eigenvalue weighted by molar-refractivity contribution is -0.384. The first-order valence-corrected chi connectivity index (χ1v) is 10.2. The van der Waals surface area contributed by atoms with Crippen molar-refractivity contribution in [3.63, 3.8) is 0 Å². The van der Waals surface area contributed by atoms with Crippen LogP contribution < -0.4 is 20.1 Å². The molecule has 0 heterocycles. The van der Waals surface area contributed by atoms with Crippen molar-refractivity contribution in [2.24, 2.45) is 0 Å². The molecule has 0 atom stereocenters. The van der Waals surface area contributed by atoms with Gasteiger partial charge in [0, 0.05) is 42.5 Å². The minimum atomic E-state index is -0.409. The predicted molar refractivity (Wildman–Crippen MR) is 129 cm³/mol. The first kappa shape index (κ1) is 25.3. The summed E-state index contributed by atoms with van der Waals surface area (Å²) in [5.74, 6) is 1.36. The van der Waals surface area contributed by atoms with Gasteiger partial charge in [0.15, 0.2) is 11.5 Å². The Labute approximate surface area is 198 Å². The molecule has 0 aliphatic carbocycles. The second kappa shape index (κ2) is 12.8. The number of halogens is 2. The number of non-ortho nitro benzene ring substituents is 1. The van der Waals surface area contributed by atoms with E-state index in [2.05, 4.69) is 10.6 Å². The van der Waals surface area contributed by atoms with E-state index in [1.807, 2.05) is 42.5 Å². The summed E-state index contributed by atoms with van der Waals surface area (Å²) >= 11 is 5.91. The van der Waals surface area contributed by atoms with Crippen LogP contribution in [0, 0.1) is 10.1 Å². The van der Waals surface area contributed by atoms with Crippen molar-refractivity contribution in [1.29, 1.82) is 0 Å². The average Bonchev–Trinajstić information content (AvgIpc) is 2.79. The van der Waals surface area contributed by atoms with Gasteiger partial charge in [0.25, 0.3) is 5.69 Å². The molecule has 0 saturated carbocycles. The lowest BCUT2D eigenvalue weighted by atomic mass is 10.2. The summed E-state index contributed by atoms with van der Waals surface area (Å²) in [5.41, 5.74) is 3.03. The number of nitrogens with zero attached hydrogens (tertiary/aromatic N) is 1. The smallest absolute Gasteiger partial charge is 0.269 e. The lowest BCUT2D eigenvalue weighted by Gasteiger charge is -2.13. The predicted octanol–water partition coefficient (Wildman–Crippen LogP) is 5.46. The number of ether oxygens (including phenoxy) is 2. The van der Waals surface area contributed by atoms with Crippen molar-refractivity contribution < 1.29 is 14.4 Å². The van der Waals surface area contributed by atoms with Gasteiger partial charge in [-0.05, 0) is 47.5 Å². The Bertz CT molecular complexity index is 999. The molecule has 0 fully saturated rings. The molecule has 9 heteroatoms. The van der Waals surface area contributed by atoms with Crippen LogP contribution in [0.5, 0.6) is 11.5 Å². The number of rotatable bonds is 11. The minimum absolute atomic E-state index is 0. The summed E-state index contributed by atoms with van der Waals surface area (Å²) in [4.78, 5) is 10.3. The number of hydrogen-bond acceptors (Lipinski definition) is 6. The fourth-order valence-electron chi connectivity index (χ4n) is 2.91. The summed E-state index contributed by atoms with van der Waals surface area (Å²) in [7, 11) is 1.62. The van der Waals surface area contributed by atoms with Crippen molar-refractivity contribution in [2.75, 3.05) is 25.5 Å². The van der Waals surface area contributed by atoms with Crippen LogP contribution in [-0.2, 0) is 13.2 Å². The second-order valence-electron chi connectivity index (χ2n) is 6.81. The molecule has 0 aliphatic rings. The molecule has 2 N–H and O–H groups in total. The van der Waals surface area contributed by atoms with Crippen LogP contribution in [0.25, 0.3) is 0 Å². The maximum absolute atomic E-state index is 10.7. The van der Waals surface area contributed by atoms with Crippen molar-refractivity contribution in [3.8, 4) is 11.5 Å². The van der Waals surface area contributed by atoms with E-state index in [4.69, 9.17) is 21.1 Å². The first-order valence-electron chi connectivity index (χ1n) is 9.78. The third kappa shape index (κ3) is 7.60. The highest BCUT2D eigenvalue weighted by atomic mass is 35.5. The van der Waals surface area contributed by atoms with Crippen LogP contribution in [0.1, 0.15) is 11.1 Å². The van der Waals surface area contributed by atoms with Gasteiger partial charge in [-0.25, -0.2) is 0 Å². The summed E-state index contributed by atoms with van der Waals surface area (Å²) in [6.07, 6.45) is 0. The fourth-order valence-corrected chi connectivity index (χ4v) is 3.04. The molecule has 0 spiro atoms. The second-order valence-corrected chi connectivity index (χ2v) is 7.24. The Hall–Kier alpha value is -3.00. The van der Waals surface area contributed by atoms with E-state index in [1.165, 1.54) is 12.1 Å². The lowest BCUT2D eigenvalue weighted by Crippen LogP contribution is -2.21. The molecule has 0 bridgehead atoms. The molecular formula is C23H25Cl2N3O4. The summed E-state index contributed by atoms with van der Waals surface area (Å²) < 4.78 is 11.4. The number of benzene rings is 3. The molecule has 170 valence electrons. The van der Waals surface area contributed by atoms with Crippen LogP contribution in [0.4, 0.5) is 11.4 Å². The quantitative estimate of drug-likeness (QED) is 0.216. The molecule has 0 unspecified atom stereocenters. The highest BCUT2D eigenvalue weighted by Gasteiger charge is 2.07. The Morgan fingerprint density at radius 3 is 2.28 bits per heavy atom. The Morgan fingerprint density at radius 2 is 1.62 bits per heavy atom. The maximum Gasteiger partial charge on any atom is 0.269 e. The largest absolute Gasteiger partial charge is 0.493 e. The number of methoxy groups -OCH3 is 1. The molecule has 7 nitrogen and oxygen atoms in total. The molecular weight excluding hydrogens is 453 g/mol. The number of anilines is 1. The van der Waals surface area contributed by atoms with Gasteiger partial charge in [-0.15, -0.1) is 12.4 Å². The Balaban J connectivity index is 0.00000363. The van der Waals surface area contributed by atoms with Gasteiger partial charge in [-0.2, -0.15) is 0 Å². The van der Waals surface area contributed by atoms with Crippen molar-refractivity contribution >= 4 is 35.4 Å². The molecule has 3 aromatic carbocycles. The number of nitro groups is 1. The third-order valence-corrected chi connectivity index (χ3v) is 4.83. The molecule has 0 aromatic heterocycles. The van der Waals surface area contributed by atoms with E-state index in [9.17, 15) is 10.1 Å². The van der Waals surface area contributed by atoms with Gasteiger partial charge in [0.2, 0.25) is 0 Å². The molecule has 0 amide bonds. The molecule has 0 radical (unpaired) electrons. The Morgan fingerprint density at radius 1 is 0.938 bits per heavy atom. The van der Waals surface area contributed by atoms with E-state index >= 15 is 0 Å². The van der Waals surface area contributed by atoms with Crippen LogP contribution in [-0.4, -0.2) is 25.1 Å². The zero-order chi connectivity index (χ0) is 22.1. The van der Waals surface area contributed by atoms with Crippen molar-refractivity contribution in [1.82, 2.24) is 5.32 Å². The minimum Gasteiger partial charge on any atom is -0.493 e. The topological polar surface area (TPSA) is 85.7 Å². The van der Waals surface area contributed by atoms with Gasteiger partial charge in [0.05, 0.1) is 12.0 Å². The first-order chi connectivity index (χ1) is 15.0. The average molecular weight is 478 g/mol. The highest BCUT2D eigenvalue weighted by Crippen LogP contribution is 2.29. The van der Waals surface area contributed by atoms with Gasteiger partial charge >= 0.3 is 0 Å². The third-order valence-electron chi connectivity index (χ3n) is 4.57. The highest BCUT2D eigenvalue weighted by molar-refractivity contribution is 6.30. The zero-order valence-electron chi connectivity index (χ0n) is 17.5. The Kier molecular flexibility index (Phi) is 10.1. The van der Waals surface area contributed by atoms with Gasteiger partial charge < -0.3 is 20.1 Å². The number of nitrogens with one attached hydrogen (secondary N) is 2. The van der Waals surface area contributed by atoms with Crippen molar-refractivity contribution in [3.05, 3.63) is 93.0 Å². The molecule has 32 heavy (non-hydrogen) atoms. The SMILES string of the molecule is COc1cc(CNCCNc2ccc([N+](=O)[O-])cc2)ccc1OCc1ccc(Cl)cc1.Cl. The van der Waals surface area contributed by atoms with E-state index < -0.39 is 4.92 Å². The summed E-state index contributed by atoms with van der Waals surface area (Å²) in [6.45, 7) is 2.53. The number of hydrogen-bond donors (Lipinski definition) is 2.